The van der Waals surface area contributed by atoms with E-state index in [9.17, 15) is 0 Å². The summed E-state index contributed by atoms with van der Waals surface area (Å²) in [7, 11) is -2.01. The summed E-state index contributed by atoms with van der Waals surface area (Å²) in [5.41, 5.74) is 6.69. The van der Waals surface area contributed by atoms with Crippen molar-refractivity contribution in [2.45, 2.75) is 85.4 Å². The minimum atomic E-state index is -2.18. The number of rotatable bonds is 2. The molecule has 3 heteroatoms. The summed E-state index contributed by atoms with van der Waals surface area (Å²) in [6.07, 6.45) is 0. The van der Waals surface area contributed by atoms with Crippen molar-refractivity contribution in [1.29, 1.82) is 0 Å². The van der Waals surface area contributed by atoms with E-state index in [0.29, 0.717) is 17.5 Å². The van der Waals surface area contributed by atoms with Crippen LogP contribution in [0.1, 0.15) is 80.0 Å². The zero-order valence-corrected chi connectivity index (χ0v) is 21.4. The normalized spacial score (nSPS) is 19.0. The van der Waals surface area contributed by atoms with Gasteiger partial charge in [-0.15, -0.1) is 0 Å². The van der Waals surface area contributed by atoms with Gasteiger partial charge in [0.05, 0.1) is 11.4 Å². The van der Waals surface area contributed by atoms with Gasteiger partial charge in [0.1, 0.15) is 24.6 Å². The van der Waals surface area contributed by atoms with E-state index < -0.39 is 14.9 Å². The van der Waals surface area contributed by atoms with Crippen LogP contribution in [0.2, 0.25) is 13.1 Å². The highest BCUT2D eigenvalue weighted by Gasteiger charge is 2.54. The van der Waals surface area contributed by atoms with Crippen molar-refractivity contribution in [1.82, 2.24) is 4.57 Å². The minimum absolute atomic E-state index is 0.0390. The lowest BCUT2D eigenvalue weighted by Gasteiger charge is -2.41. The molecule has 31 heavy (non-hydrogen) atoms. The average molecular weight is 433 g/mol. The SMILES string of the molecule is [2H]C([2H])([2H])c1ccc2c3c1c1cccc(C(C)C)c1c1n(C(C)C)c(C)c([n+]31)[Si](C)(C)C2(C)C. The molecule has 3 heterocycles. The summed E-state index contributed by atoms with van der Waals surface area (Å²) in [5, 5.41) is 4.58. The molecule has 0 spiro atoms. The number of hydrogen-bond donors (Lipinski definition) is 0. The summed E-state index contributed by atoms with van der Waals surface area (Å²) in [6, 6.07) is 10.8. The van der Waals surface area contributed by atoms with Crippen LogP contribution in [-0.4, -0.2) is 12.6 Å². The van der Waals surface area contributed by atoms with E-state index in [2.05, 4.69) is 94.8 Å². The number of pyridine rings is 1. The quantitative estimate of drug-likeness (QED) is 0.192. The molecular formula is C28H37N2Si+. The first-order valence-electron chi connectivity index (χ1n) is 13.1. The standard InChI is InChI=1S/C28H37N2Si/c1-16(2)20-12-11-13-21-23-18(5)14-15-22-25(23)30-26(24(20)21)29(17(3)4)19(6)27(30)31(9,10)28(22,7)8/h11-17H,1-10H3/q+1/i5D3. The van der Waals surface area contributed by atoms with Gasteiger partial charge >= 0.3 is 0 Å². The molecule has 0 aliphatic carbocycles. The van der Waals surface area contributed by atoms with Crippen molar-refractivity contribution in [3.8, 4) is 0 Å². The van der Waals surface area contributed by atoms with Crippen LogP contribution in [0, 0.1) is 13.8 Å². The van der Waals surface area contributed by atoms with E-state index in [4.69, 9.17) is 4.11 Å². The fourth-order valence-corrected chi connectivity index (χ4v) is 9.47. The van der Waals surface area contributed by atoms with Crippen molar-refractivity contribution in [3.63, 3.8) is 0 Å². The van der Waals surface area contributed by atoms with Crippen molar-refractivity contribution >= 4 is 40.7 Å². The molecule has 0 bridgehead atoms. The maximum absolute atomic E-state index is 8.44. The van der Waals surface area contributed by atoms with Crippen LogP contribution in [0.4, 0.5) is 0 Å². The van der Waals surface area contributed by atoms with Gasteiger partial charge < -0.3 is 0 Å². The molecule has 0 N–H and O–H groups in total. The van der Waals surface area contributed by atoms with Crippen LogP contribution >= 0.6 is 0 Å². The smallest absolute Gasteiger partial charge is 0.225 e. The number of aromatic nitrogens is 2. The van der Waals surface area contributed by atoms with E-state index in [1.807, 2.05) is 6.07 Å². The van der Waals surface area contributed by atoms with Gasteiger partial charge in [0.2, 0.25) is 0 Å². The molecule has 0 radical (unpaired) electrons. The summed E-state index contributed by atoms with van der Waals surface area (Å²) in [6.45, 7) is 18.8. The lowest BCUT2D eigenvalue weighted by atomic mass is 9.90. The topological polar surface area (TPSA) is 9.03 Å². The number of fused-ring (bicyclic) bond motifs is 3. The molecule has 162 valence electrons. The van der Waals surface area contributed by atoms with E-state index >= 15 is 0 Å². The summed E-state index contributed by atoms with van der Waals surface area (Å²) < 4.78 is 30.3. The van der Waals surface area contributed by atoms with E-state index in [1.165, 1.54) is 33.2 Å². The van der Waals surface area contributed by atoms with Gasteiger partial charge in [-0.05, 0) is 42.8 Å². The fourth-order valence-electron chi connectivity index (χ4n) is 6.20. The molecule has 1 aliphatic heterocycles. The Bertz CT molecular complexity index is 1500. The summed E-state index contributed by atoms with van der Waals surface area (Å²) in [4.78, 5) is 0. The van der Waals surface area contributed by atoms with Crippen LogP contribution in [0.5, 0.6) is 0 Å². The van der Waals surface area contributed by atoms with E-state index in [0.717, 1.165) is 16.3 Å². The Hall–Kier alpha value is -2.13. The molecule has 2 nitrogen and oxygen atoms in total. The van der Waals surface area contributed by atoms with Crippen LogP contribution in [-0.2, 0) is 5.04 Å². The Morgan fingerprint density at radius 2 is 1.74 bits per heavy atom. The molecule has 4 aromatic rings. The van der Waals surface area contributed by atoms with Gasteiger partial charge in [-0.3, -0.25) is 0 Å². The maximum atomic E-state index is 8.44. The molecule has 0 fully saturated rings. The maximum Gasteiger partial charge on any atom is 0.295 e. The number of nitrogens with zero attached hydrogens (tertiary/aromatic N) is 2. The third kappa shape index (κ3) is 2.31. The molecule has 0 atom stereocenters. The van der Waals surface area contributed by atoms with Crippen LogP contribution < -0.4 is 9.72 Å². The number of benzene rings is 2. The predicted molar refractivity (Wildman–Crippen MR) is 137 cm³/mol. The Morgan fingerprint density at radius 1 is 1.03 bits per heavy atom. The highest BCUT2D eigenvalue weighted by molar-refractivity contribution is 6.91. The molecular weight excluding hydrogens is 392 g/mol. The second kappa shape index (κ2) is 6.22. The minimum Gasteiger partial charge on any atom is -0.225 e. The molecule has 0 amide bonds. The van der Waals surface area contributed by atoms with Crippen LogP contribution in [0.3, 0.4) is 0 Å². The molecule has 0 saturated heterocycles. The summed E-state index contributed by atoms with van der Waals surface area (Å²) in [5.74, 6) is 0.327. The fraction of sp³-hybridized carbons (Fsp3) is 0.464. The first-order valence-corrected chi connectivity index (χ1v) is 14.6. The third-order valence-electron chi connectivity index (χ3n) is 8.33. The molecule has 2 aromatic heterocycles. The largest absolute Gasteiger partial charge is 0.295 e. The van der Waals surface area contributed by atoms with Crippen molar-refractivity contribution < 1.29 is 8.51 Å². The lowest BCUT2D eigenvalue weighted by molar-refractivity contribution is -0.462. The molecule has 0 unspecified atom stereocenters. The first kappa shape index (κ1) is 17.4. The van der Waals surface area contributed by atoms with E-state index in [-0.39, 0.29) is 5.04 Å². The number of imidazole rings is 1. The highest BCUT2D eigenvalue weighted by atomic mass is 28.3. The van der Waals surface area contributed by atoms with Gasteiger partial charge in [-0.25, -0.2) is 4.57 Å². The first-order chi connectivity index (χ1) is 15.6. The number of hydrogen-bond acceptors (Lipinski definition) is 0. The van der Waals surface area contributed by atoms with Crippen molar-refractivity contribution in [2.24, 2.45) is 0 Å². The van der Waals surface area contributed by atoms with E-state index in [1.54, 1.807) is 0 Å². The Balaban J connectivity index is 2.29. The van der Waals surface area contributed by atoms with Crippen LogP contribution in [0.15, 0.2) is 30.3 Å². The second-order valence-electron chi connectivity index (χ2n) is 11.1. The van der Waals surface area contributed by atoms with Gasteiger partial charge in [0, 0.05) is 27.4 Å². The lowest BCUT2D eigenvalue weighted by Crippen LogP contribution is -2.68. The van der Waals surface area contributed by atoms with Crippen LogP contribution in [0.25, 0.3) is 27.3 Å². The van der Waals surface area contributed by atoms with Gasteiger partial charge in [0.15, 0.2) is 0 Å². The van der Waals surface area contributed by atoms with Gasteiger partial charge in [-0.1, -0.05) is 71.1 Å². The van der Waals surface area contributed by atoms with Crippen molar-refractivity contribution in [3.05, 3.63) is 52.7 Å². The molecule has 0 saturated carbocycles. The molecule has 1 aliphatic rings. The van der Waals surface area contributed by atoms with Gasteiger partial charge in [-0.2, -0.15) is 4.40 Å². The molecule has 2 aromatic carbocycles. The molecule has 5 rings (SSSR count). The highest BCUT2D eigenvalue weighted by Crippen LogP contribution is 2.44. The predicted octanol–water partition coefficient (Wildman–Crippen LogP) is 6.60. The summed E-state index contributed by atoms with van der Waals surface area (Å²) >= 11 is 0. The van der Waals surface area contributed by atoms with Crippen molar-refractivity contribution in [2.75, 3.05) is 0 Å². The zero-order chi connectivity index (χ0) is 25.1. The van der Waals surface area contributed by atoms with Gasteiger partial charge in [0.25, 0.3) is 5.65 Å². The Labute approximate surface area is 192 Å². The average Bonchev–Trinajstić information content (AvgIpc) is 3.04. The monoisotopic (exact) mass is 432 g/mol. The zero-order valence-electron chi connectivity index (χ0n) is 23.4. The third-order valence-corrected chi connectivity index (χ3v) is 13.5. The second-order valence-corrected chi connectivity index (χ2v) is 16.1. The Morgan fingerprint density at radius 3 is 2.35 bits per heavy atom. The Kier molecular flexibility index (Phi) is 3.50. The number of aryl methyl sites for hydroxylation is 1.